The SMILES string of the molecule is CN(C)c1ccc([C@@H](CNC(=O)c2cccc([N+](=O)[O-])c2)[NH+]2CCOCC2)cc1. The molecule has 2 aromatic rings. The van der Waals surface area contributed by atoms with Crippen LogP contribution in [0.2, 0.25) is 0 Å². The first-order valence-corrected chi connectivity index (χ1v) is 9.68. The number of rotatable bonds is 7. The normalized spacial score (nSPS) is 15.5. The third-order valence-corrected chi connectivity index (χ3v) is 5.23. The molecule has 1 aliphatic heterocycles. The van der Waals surface area contributed by atoms with E-state index in [2.05, 4.69) is 29.6 Å². The zero-order valence-electron chi connectivity index (χ0n) is 16.8. The Kier molecular flexibility index (Phi) is 6.79. The zero-order valence-corrected chi connectivity index (χ0v) is 16.8. The van der Waals surface area contributed by atoms with Gasteiger partial charge in [-0.15, -0.1) is 0 Å². The van der Waals surface area contributed by atoms with E-state index in [1.807, 2.05) is 19.0 Å². The van der Waals surface area contributed by atoms with Crippen molar-refractivity contribution in [3.63, 3.8) is 0 Å². The molecular formula is C21H27N4O4+. The molecule has 3 rings (SSSR count). The Morgan fingerprint density at radius 2 is 1.90 bits per heavy atom. The number of hydrogen-bond donors (Lipinski definition) is 2. The predicted molar refractivity (Wildman–Crippen MR) is 110 cm³/mol. The van der Waals surface area contributed by atoms with Gasteiger partial charge < -0.3 is 19.9 Å². The van der Waals surface area contributed by atoms with Crippen LogP contribution >= 0.6 is 0 Å². The van der Waals surface area contributed by atoms with E-state index < -0.39 is 4.92 Å². The lowest BCUT2D eigenvalue weighted by Gasteiger charge is -2.32. The van der Waals surface area contributed by atoms with Gasteiger partial charge >= 0.3 is 0 Å². The molecule has 0 radical (unpaired) electrons. The van der Waals surface area contributed by atoms with Crippen LogP contribution in [0.3, 0.4) is 0 Å². The molecule has 2 aromatic carbocycles. The van der Waals surface area contributed by atoms with Crippen molar-refractivity contribution in [2.45, 2.75) is 6.04 Å². The van der Waals surface area contributed by atoms with Crippen LogP contribution in [0.5, 0.6) is 0 Å². The number of nitro groups is 1. The Balaban J connectivity index is 1.75. The maximum Gasteiger partial charge on any atom is 0.270 e. The van der Waals surface area contributed by atoms with E-state index in [1.165, 1.54) is 23.1 Å². The van der Waals surface area contributed by atoms with Gasteiger partial charge in [0, 0.05) is 43.0 Å². The number of benzene rings is 2. The highest BCUT2D eigenvalue weighted by molar-refractivity contribution is 5.94. The van der Waals surface area contributed by atoms with Crippen LogP contribution < -0.4 is 15.1 Å². The summed E-state index contributed by atoms with van der Waals surface area (Å²) in [5.41, 5.74) is 2.46. The van der Waals surface area contributed by atoms with Gasteiger partial charge in [-0.3, -0.25) is 14.9 Å². The zero-order chi connectivity index (χ0) is 20.8. The lowest BCUT2D eigenvalue weighted by Crippen LogP contribution is -3.15. The maximum atomic E-state index is 12.6. The number of carbonyl (C=O) groups is 1. The van der Waals surface area contributed by atoms with E-state index in [9.17, 15) is 14.9 Å². The summed E-state index contributed by atoms with van der Waals surface area (Å²) in [5, 5.41) is 13.9. The molecule has 2 N–H and O–H groups in total. The number of quaternary nitrogens is 1. The number of ether oxygens (including phenoxy) is 1. The van der Waals surface area contributed by atoms with Crippen molar-refractivity contribution < 1.29 is 19.4 Å². The van der Waals surface area contributed by atoms with Crippen molar-refractivity contribution in [3.05, 3.63) is 69.8 Å². The van der Waals surface area contributed by atoms with Gasteiger partial charge in [0.05, 0.1) is 24.7 Å². The lowest BCUT2D eigenvalue weighted by atomic mass is 10.0. The van der Waals surface area contributed by atoms with Crippen LogP contribution in [0.1, 0.15) is 22.0 Å². The summed E-state index contributed by atoms with van der Waals surface area (Å²) in [4.78, 5) is 26.5. The molecule has 0 aromatic heterocycles. The third kappa shape index (κ3) is 5.30. The highest BCUT2D eigenvalue weighted by Gasteiger charge is 2.27. The summed E-state index contributed by atoms with van der Waals surface area (Å²) in [6.07, 6.45) is 0. The van der Waals surface area contributed by atoms with Crippen LogP contribution in [-0.2, 0) is 4.74 Å². The van der Waals surface area contributed by atoms with E-state index in [0.717, 1.165) is 24.3 Å². The number of anilines is 1. The Hall–Kier alpha value is -2.97. The minimum absolute atomic E-state index is 0.0813. The third-order valence-electron chi connectivity index (χ3n) is 5.23. The standard InChI is InChI=1S/C21H26N4O4/c1-23(2)18-8-6-16(7-9-18)20(24-10-12-29-13-11-24)15-22-21(26)17-4-3-5-19(14-17)25(27)28/h3-9,14,20H,10-13,15H2,1-2H3,(H,22,26)/p+1/t20-/m1/s1. The van der Waals surface area contributed by atoms with Gasteiger partial charge in [-0.25, -0.2) is 0 Å². The quantitative estimate of drug-likeness (QED) is 0.537. The van der Waals surface area contributed by atoms with Gasteiger partial charge in [-0.2, -0.15) is 0 Å². The Morgan fingerprint density at radius 3 is 2.52 bits per heavy atom. The van der Waals surface area contributed by atoms with Crippen LogP contribution in [0.25, 0.3) is 0 Å². The highest BCUT2D eigenvalue weighted by Crippen LogP contribution is 2.17. The molecule has 0 saturated carbocycles. The second kappa shape index (κ2) is 9.49. The lowest BCUT2D eigenvalue weighted by molar-refractivity contribution is -0.937. The van der Waals surface area contributed by atoms with Crippen molar-refractivity contribution in [3.8, 4) is 0 Å². The molecule has 0 aliphatic carbocycles. The number of morpholine rings is 1. The Morgan fingerprint density at radius 1 is 1.21 bits per heavy atom. The topological polar surface area (TPSA) is 89.2 Å². The molecule has 1 heterocycles. The van der Waals surface area contributed by atoms with Crippen molar-refractivity contribution in [2.24, 2.45) is 0 Å². The molecule has 1 amide bonds. The molecule has 8 heteroatoms. The van der Waals surface area contributed by atoms with Crippen LogP contribution in [-0.4, -0.2) is 57.8 Å². The average molecular weight is 399 g/mol. The molecule has 1 atom stereocenters. The Labute approximate surface area is 170 Å². The summed E-state index contributed by atoms with van der Waals surface area (Å²) in [6.45, 7) is 3.57. The highest BCUT2D eigenvalue weighted by atomic mass is 16.6. The molecule has 0 unspecified atom stereocenters. The minimum Gasteiger partial charge on any atom is -0.378 e. The Bertz CT molecular complexity index is 848. The molecule has 0 spiro atoms. The van der Waals surface area contributed by atoms with Gasteiger partial charge in [0.25, 0.3) is 11.6 Å². The molecular weight excluding hydrogens is 372 g/mol. The number of nitrogens with one attached hydrogen (secondary N) is 2. The molecule has 1 saturated heterocycles. The molecule has 29 heavy (non-hydrogen) atoms. The first-order chi connectivity index (χ1) is 14.0. The predicted octanol–water partition coefficient (Wildman–Crippen LogP) is 1.05. The van der Waals surface area contributed by atoms with Gasteiger partial charge in [-0.05, 0) is 18.2 Å². The summed E-state index contributed by atoms with van der Waals surface area (Å²) in [6, 6.07) is 14.2. The second-order valence-electron chi connectivity index (χ2n) is 7.33. The van der Waals surface area contributed by atoms with Crippen molar-refractivity contribution in [2.75, 3.05) is 51.8 Å². The number of nitrogens with zero attached hydrogens (tertiary/aromatic N) is 2. The molecule has 0 bridgehead atoms. The van der Waals surface area contributed by atoms with E-state index >= 15 is 0 Å². The summed E-state index contributed by atoms with van der Waals surface area (Å²) >= 11 is 0. The molecule has 8 nitrogen and oxygen atoms in total. The fourth-order valence-electron chi connectivity index (χ4n) is 3.54. The van der Waals surface area contributed by atoms with Gasteiger partial charge in [0.1, 0.15) is 19.1 Å². The molecule has 1 fully saturated rings. The van der Waals surface area contributed by atoms with E-state index in [4.69, 9.17) is 4.74 Å². The minimum atomic E-state index is -0.496. The van der Waals surface area contributed by atoms with Crippen LogP contribution in [0, 0.1) is 10.1 Å². The number of amides is 1. The van der Waals surface area contributed by atoms with E-state index in [0.29, 0.717) is 19.8 Å². The molecule has 1 aliphatic rings. The first-order valence-electron chi connectivity index (χ1n) is 9.68. The smallest absolute Gasteiger partial charge is 0.270 e. The number of nitro benzene ring substituents is 1. The van der Waals surface area contributed by atoms with Crippen molar-refractivity contribution in [1.29, 1.82) is 0 Å². The van der Waals surface area contributed by atoms with Crippen molar-refractivity contribution >= 4 is 17.3 Å². The molecule has 154 valence electrons. The van der Waals surface area contributed by atoms with Gasteiger partial charge in [0.2, 0.25) is 0 Å². The number of hydrogen-bond acceptors (Lipinski definition) is 5. The fraction of sp³-hybridized carbons (Fsp3) is 0.381. The maximum absolute atomic E-state index is 12.6. The summed E-state index contributed by atoms with van der Waals surface area (Å²) in [7, 11) is 4.00. The summed E-state index contributed by atoms with van der Waals surface area (Å²) in [5.74, 6) is -0.309. The van der Waals surface area contributed by atoms with Crippen molar-refractivity contribution in [1.82, 2.24) is 5.32 Å². The van der Waals surface area contributed by atoms with Gasteiger partial charge in [0.15, 0.2) is 0 Å². The largest absolute Gasteiger partial charge is 0.378 e. The van der Waals surface area contributed by atoms with Crippen LogP contribution in [0.4, 0.5) is 11.4 Å². The first kappa shape index (κ1) is 20.8. The fourth-order valence-corrected chi connectivity index (χ4v) is 3.54. The average Bonchev–Trinajstić information content (AvgIpc) is 2.75. The van der Waals surface area contributed by atoms with E-state index in [1.54, 1.807) is 6.07 Å². The summed E-state index contributed by atoms with van der Waals surface area (Å²) < 4.78 is 5.49. The monoisotopic (exact) mass is 399 g/mol. The second-order valence-corrected chi connectivity index (χ2v) is 7.33. The van der Waals surface area contributed by atoms with Crippen LogP contribution in [0.15, 0.2) is 48.5 Å². The van der Waals surface area contributed by atoms with E-state index in [-0.39, 0.29) is 23.2 Å². The number of non-ortho nitro benzene ring substituents is 1. The van der Waals surface area contributed by atoms with Gasteiger partial charge in [-0.1, -0.05) is 18.2 Å². The number of carbonyl (C=O) groups excluding carboxylic acids is 1.